The van der Waals surface area contributed by atoms with E-state index < -0.39 is 5.82 Å². The molecule has 0 radical (unpaired) electrons. The average Bonchev–Trinajstić information content (AvgIpc) is 3.55. The fourth-order valence-corrected chi connectivity index (χ4v) is 4.53. The molecule has 0 bridgehead atoms. The summed E-state index contributed by atoms with van der Waals surface area (Å²) < 4.78 is 21.2. The van der Waals surface area contributed by atoms with Crippen LogP contribution in [0.2, 0.25) is 0 Å². The highest BCUT2D eigenvalue weighted by Gasteiger charge is 2.29. The Bertz CT molecular complexity index is 1050. The fourth-order valence-electron chi connectivity index (χ4n) is 3.58. The number of carbonyl (C=O) groups excluding carboxylic acids is 1. The van der Waals surface area contributed by atoms with Crippen LogP contribution in [0.1, 0.15) is 31.4 Å². The van der Waals surface area contributed by atoms with E-state index in [1.165, 1.54) is 24.9 Å². The Labute approximate surface area is 186 Å². The minimum absolute atomic E-state index is 0.00957. The number of ether oxygens (including phenoxy) is 1. The van der Waals surface area contributed by atoms with Crippen molar-refractivity contribution in [1.82, 2.24) is 14.5 Å². The van der Waals surface area contributed by atoms with Gasteiger partial charge in [0.1, 0.15) is 0 Å². The van der Waals surface area contributed by atoms with Crippen molar-refractivity contribution >= 4 is 17.7 Å². The molecule has 0 unspecified atom stereocenters. The van der Waals surface area contributed by atoms with Gasteiger partial charge in [-0.15, -0.1) is 0 Å². The van der Waals surface area contributed by atoms with Crippen LogP contribution in [0.5, 0.6) is 5.75 Å². The molecule has 1 saturated carbocycles. The zero-order chi connectivity index (χ0) is 21.8. The minimum Gasteiger partial charge on any atom is -0.494 e. The molecule has 3 aromatic rings. The van der Waals surface area contributed by atoms with Gasteiger partial charge in [0, 0.05) is 19.1 Å². The van der Waals surface area contributed by atoms with Gasteiger partial charge in [0.2, 0.25) is 5.91 Å². The number of aromatic nitrogens is 2. The van der Waals surface area contributed by atoms with Gasteiger partial charge < -0.3 is 14.2 Å². The molecular formula is C24H26FN3O2S. The van der Waals surface area contributed by atoms with Crippen molar-refractivity contribution in [3.8, 4) is 17.0 Å². The van der Waals surface area contributed by atoms with Gasteiger partial charge in [-0.2, -0.15) is 0 Å². The highest BCUT2D eigenvalue weighted by Crippen LogP contribution is 2.41. The molecule has 0 aliphatic heterocycles. The van der Waals surface area contributed by atoms with E-state index in [1.54, 1.807) is 17.0 Å². The smallest absolute Gasteiger partial charge is 0.233 e. The number of hydrogen-bond donors (Lipinski definition) is 0. The van der Waals surface area contributed by atoms with Gasteiger partial charge in [-0.3, -0.25) is 4.79 Å². The minimum atomic E-state index is -0.419. The number of halogens is 1. The van der Waals surface area contributed by atoms with E-state index in [4.69, 9.17) is 4.74 Å². The number of nitrogens with zero attached hydrogens (tertiary/aromatic N) is 3. The predicted molar refractivity (Wildman–Crippen MR) is 121 cm³/mol. The van der Waals surface area contributed by atoms with Crippen molar-refractivity contribution in [2.45, 2.75) is 37.5 Å². The molecule has 0 atom stereocenters. The van der Waals surface area contributed by atoms with Crippen LogP contribution in [-0.2, 0) is 11.3 Å². The summed E-state index contributed by atoms with van der Waals surface area (Å²) in [4.78, 5) is 19.2. The van der Waals surface area contributed by atoms with Crippen LogP contribution in [0.3, 0.4) is 0 Å². The van der Waals surface area contributed by atoms with E-state index in [0.29, 0.717) is 24.9 Å². The molecule has 1 fully saturated rings. The molecule has 5 nitrogen and oxygen atoms in total. The van der Waals surface area contributed by atoms with Gasteiger partial charge in [0.15, 0.2) is 16.7 Å². The largest absolute Gasteiger partial charge is 0.494 e. The number of imidazole rings is 1. The zero-order valence-corrected chi connectivity index (χ0v) is 18.6. The van der Waals surface area contributed by atoms with Crippen LogP contribution in [0.15, 0.2) is 59.9 Å². The lowest BCUT2D eigenvalue weighted by atomic mass is 10.2. The summed E-state index contributed by atoms with van der Waals surface area (Å²) >= 11 is 1.47. The molecule has 0 spiro atoms. The number of hydrogen-bond acceptors (Lipinski definition) is 4. The van der Waals surface area contributed by atoms with Crippen molar-refractivity contribution in [1.29, 1.82) is 0 Å². The summed E-state index contributed by atoms with van der Waals surface area (Å²) in [5.41, 5.74) is 2.97. The number of carbonyl (C=O) groups is 1. The Hall–Kier alpha value is -2.80. The molecule has 7 heteroatoms. The third-order valence-corrected chi connectivity index (χ3v) is 6.34. The maximum Gasteiger partial charge on any atom is 0.233 e. The second-order valence-corrected chi connectivity index (χ2v) is 8.50. The average molecular weight is 440 g/mol. The van der Waals surface area contributed by atoms with Crippen molar-refractivity contribution in [2.24, 2.45) is 0 Å². The van der Waals surface area contributed by atoms with Crippen LogP contribution in [0.25, 0.3) is 11.3 Å². The second kappa shape index (κ2) is 9.56. The molecule has 0 N–H and O–H groups in total. The van der Waals surface area contributed by atoms with Crippen molar-refractivity contribution < 1.29 is 13.9 Å². The summed E-state index contributed by atoms with van der Waals surface area (Å²) in [7, 11) is 1.44. The molecule has 1 heterocycles. The first-order valence-electron chi connectivity index (χ1n) is 10.5. The summed E-state index contributed by atoms with van der Waals surface area (Å²) in [6, 6.07) is 15.5. The standard InChI is InChI=1S/C24H26FN3O2S/c1-3-27(15-17-9-12-22(30-2)20(25)13-17)23(29)16-31-24-26-14-21(28(24)19-10-11-19)18-7-5-4-6-8-18/h4-9,12-14,19H,3,10-11,15-16H2,1-2H3. The molecule has 2 aromatic carbocycles. The summed E-state index contributed by atoms with van der Waals surface area (Å²) in [6.45, 7) is 2.85. The maximum atomic E-state index is 14.0. The van der Waals surface area contributed by atoms with Crippen LogP contribution in [-0.4, -0.2) is 39.8 Å². The van der Waals surface area contributed by atoms with E-state index in [9.17, 15) is 9.18 Å². The zero-order valence-electron chi connectivity index (χ0n) is 17.8. The third kappa shape index (κ3) is 4.93. The van der Waals surface area contributed by atoms with Crippen molar-refractivity contribution in [2.75, 3.05) is 19.4 Å². The molecule has 0 saturated heterocycles. The number of benzene rings is 2. The predicted octanol–water partition coefficient (Wildman–Crippen LogP) is 5.17. The first kappa shape index (κ1) is 21.4. The molecule has 4 rings (SSSR count). The molecule has 1 aliphatic carbocycles. The number of methoxy groups -OCH3 is 1. The van der Waals surface area contributed by atoms with Crippen LogP contribution < -0.4 is 4.74 Å². The highest BCUT2D eigenvalue weighted by molar-refractivity contribution is 7.99. The van der Waals surface area contributed by atoms with E-state index >= 15 is 0 Å². The Morgan fingerprint density at radius 2 is 2.03 bits per heavy atom. The highest BCUT2D eigenvalue weighted by atomic mass is 32.2. The third-order valence-electron chi connectivity index (χ3n) is 5.39. The Balaban J connectivity index is 1.44. The van der Waals surface area contributed by atoms with Crippen molar-refractivity contribution in [3.63, 3.8) is 0 Å². The van der Waals surface area contributed by atoms with Crippen LogP contribution in [0, 0.1) is 5.82 Å². The second-order valence-electron chi connectivity index (χ2n) is 7.56. The topological polar surface area (TPSA) is 47.4 Å². The van der Waals surface area contributed by atoms with Gasteiger partial charge in [-0.05, 0) is 43.0 Å². The van der Waals surface area contributed by atoms with E-state index in [0.717, 1.165) is 34.8 Å². The SMILES string of the molecule is CCN(Cc1ccc(OC)c(F)c1)C(=O)CSc1ncc(-c2ccccc2)n1C1CC1. The molecule has 31 heavy (non-hydrogen) atoms. The Morgan fingerprint density at radius 1 is 1.26 bits per heavy atom. The number of thioether (sulfide) groups is 1. The van der Waals surface area contributed by atoms with Crippen LogP contribution in [0.4, 0.5) is 4.39 Å². The van der Waals surface area contributed by atoms with Gasteiger partial charge in [0.25, 0.3) is 0 Å². The lowest BCUT2D eigenvalue weighted by molar-refractivity contribution is -0.128. The first-order chi connectivity index (χ1) is 15.1. The molecule has 1 aliphatic rings. The van der Waals surface area contributed by atoms with Gasteiger partial charge in [-0.1, -0.05) is 48.2 Å². The van der Waals surface area contributed by atoms with E-state index in [-0.39, 0.29) is 11.7 Å². The molecule has 1 aromatic heterocycles. The van der Waals surface area contributed by atoms with Gasteiger partial charge >= 0.3 is 0 Å². The fraction of sp³-hybridized carbons (Fsp3) is 0.333. The molecule has 1 amide bonds. The normalized spacial score (nSPS) is 13.3. The van der Waals surface area contributed by atoms with Crippen molar-refractivity contribution in [3.05, 3.63) is 66.1 Å². The lowest BCUT2D eigenvalue weighted by Crippen LogP contribution is -2.31. The van der Waals surface area contributed by atoms with E-state index in [2.05, 4.69) is 21.7 Å². The quantitative estimate of drug-likeness (QED) is 0.432. The molecule has 162 valence electrons. The Kier molecular flexibility index (Phi) is 6.61. The Morgan fingerprint density at radius 3 is 2.68 bits per heavy atom. The number of rotatable bonds is 9. The summed E-state index contributed by atoms with van der Waals surface area (Å²) in [5.74, 6) is 0.0904. The first-order valence-corrected chi connectivity index (χ1v) is 11.4. The number of amides is 1. The summed E-state index contributed by atoms with van der Waals surface area (Å²) in [5, 5.41) is 0.876. The monoisotopic (exact) mass is 439 g/mol. The molecular weight excluding hydrogens is 413 g/mol. The van der Waals surface area contributed by atoms with E-state index in [1.807, 2.05) is 31.3 Å². The maximum absolute atomic E-state index is 14.0. The summed E-state index contributed by atoms with van der Waals surface area (Å²) in [6.07, 6.45) is 4.18. The van der Waals surface area contributed by atoms with Crippen LogP contribution >= 0.6 is 11.8 Å². The van der Waals surface area contributed by atoms with Gasteiger partial charge in [-0.25, -0.2) is 9.37 Å². The lowest BCUT2D eigenvalue weighted by Gasteiger charge is -2.21. The van der Waals surface area contributed by atoms with Gasteiger partial charge in [0.05, 0.1) is 24.8 Å².